The fraction of sp³-hybridized carbons (Fsp3) is 0.812. The predicted molar refractivity (Wildman–Crippen MR) is 87.1 cm³/mol. The zero-order valence-corrected chi connectivity index (χ0v) is 14.1. The predicted octanol–water partition coefficient (Wildman–Crippen LogP) is 3.80. The summed E-state index contributed by atoms with van der Waals surface area (Å²) in [5.41, 5.74) is 1.41. The monoisotopic (exact) mass is 295 g/mol. The Hall–Kier alpha value is -0.450. The summed E-state index contributed by atoms with van der Waals surface area (Å²) in [5.74, 6) is 0. The molecule has 0 spiro atoms. The minimum absolute atomic E-state index is 0.162. The lowest BCUT2D eigenvalue weighted by atomic mass is 10.1. The van der Waals surface area contributed by atoms with E-state index in [4.69, 9.17) is 4.98 Å². The molecular weight excluding hydrogens is 266 g/mol. The molecule has 0 bridgehead atoms. The largest absolute Gasteiger partial charge is 0.306 e. The molecule has 1 aliphatic rings. The van der Waals surface area contributed by atoms with Crippen molar-refractivity contribution in [1.29, 1.82) is 0 Å². The highest BCUT2D eigenvalue weighted by atomic mass is 32.1. The van der Waals surface area contributed by atoms with Crippen LogP contribution in [0.1, 0.15) is 63.6 Å². The zero-order valence-electron chi connectivity index (χ0n) is 13.2. The molecule has 20 heavy (non-hydrogen) atoms. The van der Waals surface area contributed by atoms with E-state index in [1.54, 1.807) is 11.3 Å². The quantitative estimate of drug-likeness (QED) is 0.916. The molecule has 2 rings (SSSR count). The van der Waals surface area contributed by atoms with Gasteiger partial charge in [0.05, 0.1) is 5.69 Å². The second-order valence-corrected chi connectivity index (χ2v) is 7.82. The van der Waals surface area contributed by atoms with E-state index in [0.29, 0.717) is 0 Å². The lowest BCUT2D eigenvalue weighted by molar-refractivity contribution is 0.237. The van der Waals surface area contributed by atoms with Crippen molar-refractivity contribution in [2.45, 2.75) is 71.5 Å². The smallest absolute Gasteiger partial charge is 0.107 e. The van der Waals surface area contributed by atoms with Crippen LogP contribution in [0.4, 0.5) is 0 Å². The van der Waals surface area contributed by atoms with Crippen LogP contribution >= 0.6 is 11.3 Å². The van der Waals surface area contributed by atoms with Gasteiger partial charge in [0.15, 0.2) is 0 Å². The molecule has 0 unspecified atom stereocenters. The van der Waals surface area contributed by atoms with E-state index in [1.165, 1.54) is 55.9 Å². The van der Waals surface area contributed by atoms with Gasteiger partial charge in [0.2, 0.25) is 0 Å². The van der Waals surface area contributed by atoms with E-state index in [0.717, 1.165) is 13.1 Å². The van der Waals surface area contributed by atoms with E-state index in [2.05, 4.69) is 36.4 Å². The highest BCUT2D eigenvalue weighted by molar-refractivity contribution is 7.09. The van der Waals surface area contributed by atoms with Gasteiger partial charge in [-0.1, -0.05) is 19.3 Å². The van der Waals surface area contributed by atoms with Crippen LogP contribution in [0.3, 0.4) is 0 Å². The summed E-state index contributed by atoms with van der Waals surface area (Å²) >= 11 is 1.79. The van der Waals surface area contributed by atoms with Crippen molar-refractivity contribution < 1.29 is 0 Å². The van der Waals surface area contributed by atoms with Gasteiger partial charge in [-0.25, -0.2) is 4.98 Å². The van der Waals surface area contributed by atoms with Gasteiger partial charge in [0, 0.05) is 24.0 Å². The van der Waals surface area contributed by atoms with Crippen LogP contribution < -0.4 is 5.32 Å². The summed E-state index contributed by atoms with van der Waals surface area (Å²) in [6.07, 6.45) is 6.92. The molecule has 0 radical (unpaired) electrons. The zero-order chi connectivity index (χ0) is 14.4. The maximum absolute atomic E-state index is 4.78. The van der Waals surface area contributed by atoms with Gasteiger partial charge in [-0.05, 0) is 46.7 Å². The topological polar surface area (TPSA) is 28.2 Å². The first-order chi connectivity index (χ1) is 9.53. The van der Waals surface area contributed by atoms with E-state index in [1.807, 2.05) is 0 Å². The number of nitrogens with zero attached hydrogens (tertiary/aromatic N) is 2. The molecule has 1 aliphatic heterocycles. The van der Waals surface area contributed by atoms with Gasteiger partial charge in [-0.2, -0.15) is 0 Å². The standard InChI is InChI=1S/C16H29N3S/c1-16(2,3)17-11-15-18-14(13-20-15)12-19-9-7-5-4-6-8-10-19/h13,17H,4-12H2,1-3H3. The van der Waals surface area contributed by atoms with Gasteiger partial charge >= 0.3 is 0 Å². The number of rotatable bonds is 4. The minimum atomic E-state index is 0.162. The molecule has 0 saturated carbocycles. The number of likely N-dealkylation sites (tertiary alicyclic amines) is 1. The van der Waals surface area contributed by atoms with E-state index in [-0.39, 0.29) is 5.54 Å². The van der Waals surface area contributed by atoms with Crippen LogP contribution in [0.25, 0.3) is 0 Å². The van der Waals surface area contributed by atoms with Crippen molar-refractivity contribution in [2.24, 2.45) is 0 Å². The first-order valence-electron chi connectivity index (χ1n) is 7.94. The van der Waals surface area contributed by atoms with Crippen LogP contribution in [-0.2, 0) is 13.1 Å². The Kier molecular flexibility index (Phi) is 6.00. The molecule has 3 nitrogen and oxygen atoms in total. The molecule has 4 heteroatoms. The van der Waals surface area contributed by atoms with E-state index in [9.17, 15) is 0 Å². The SMILES string of the molecule is CC(C)(C)NCc1nc(CN2CCCCCCC2)cs1. The lowest BCUT2D eigenvalue weighted by Crippen LogP contribution is -2.35. The van der Waals surface area contributed by atoms with Crippen LogP contribution in [0.15, 0.2) is 5.38 Å². The van der Waals surface area contributed by atoms with Crippen LogP contribution in [0, 0.1) is 0 Å². The van der Waals surface area contributed by atoms with Crippen LogP contribution in [0.5, 0.6) is 0 Å². The van der Waals surface area contributed by atoms with Crippen LogP contribution in [0.2, 0.25) is 0 Å². The van der Waals surface area contributed by atoms with Crippen molar-refractivity contribution in [3.8, 4) is 0 Å². The van der Waals surface area contributed by atoms with Gasteiger partial charge in [0.1, 0.15) is 5.01 Å². The van der Waals surface area contributed by atoms with E-state index >= 15 is 0 Å². The highest BCUT2D eigenvalue weighted by Crippen LogP contribution is 2.16. The molecule has 1 saturated heterocycles. The molecule has 1 aromatic rings. The second kappa shape index (κ2) is 7.53. The van der Waals surface area contributed by atoms with Gasteiger partial charge in [-0.3, -0.25) is 4.90 Å². The Morgan fingerprint density at radius 1 is 1.15 bits per heavy atom. The number of thiazole rings is 1. The molecule has 0 atom stereocenters. The minimum Gasteiger partial charge on any atom is -0.306 e. The lowest BCUT2D eigenvalue weighted by Gasteiger charge is -2.23. The Labute approximate surface area is 127 Å². The molecular formula is C16H29N3S. The summed E-state index contributed by atoms with van der Waals surface area (Å²) in [5, 5.41) is 6.95. The third kappa shape index (κ3) is 5.90. The third-order valence-corrected chi connectivity index (χ3v) is 4.60. The first kappa shape index (κ1) is 15.9. The Balaban J connectivity index is 1.82. The third-order valence-electron chi connectivity index (χ3n) is 3.70. The van der Waals surface area contributed by atoms with Crippen LogP contribution in [-0.4, -0.2) is 28.5 Å². The second-order valence-electron chi connectivity index (χ2n) is 6.88. The van der Waals surface area contributed by atoms with Crippen molar-refractivity contribution in [3.63, 3.8) is 0 Å². The Morgan fingerprint density at radius 3 is 2.45 bits per heavy atom. The van der Waals surface area contributed by atoms with Crippen molar-refractivity contribution in [3.05, 3.63) is 16.1 Å². The number of hydrogen-bond acceptors (Lipinski definition) is 4. The number of hydrogen-bond donors (Lipinski definition) is 1. The maximum Gasteiger partial charge on any atom is 0.107 e. The van der Waals surface area contributed by atoms with Gasteiger partial charge < -0.3 is 5.32 Å². The number of aromatic nitrogens is 1. The molecule has 2 heterocycles. The maximum atomic E-state index is 4.78. The summed E-state index contributed by atoms with van der Waals surface area (Å²) in [7, 11) is 0. The fourth-order valence-electron chi connectivity index (χ4n) is 2.54. The molecule has 0 aromatic carbocycles. The van der Waals surface area contributed by atoms with E-state index < -0.39 is 0 Å². The summed E-state index contributed by atoms with van der Waals surface area (Å²) < 4.78 is 0. The molecule has 114 valence electrons. The number of nitrogens with one attached hydrogen (secondary N) is 1. The van der Waals surface area contributed by atoms with Crippen molar-refractivity contribution >= 4 is 11.3 Å². The molecule has 1 fully saturated rings. The summed E-state index contributed by atoms with van der Waals surface area (Å²) in [4.78, 5) is 7.35. The average Bonchev–Trinajstić information content (AvgIpc) is 2.77. The summed E-state index contributed by atoms with van der Waals surface area (Å²) in [6, 6.07) is 0. The van der Waals surface area contributed by atoms with Gasteiger partial charge in [0.25, 0.3) is 0 Å². The average molecular weight is 295 g/mol. The first-order valence-corrected chi connectivity index (χ1v) is 8.81. The van der Waals surface area contributed by atoms with Crippen molar-refractivity contribution in [1.82, 2.24) is 15.2 Å². The Morgan fingerprint density at radius 2 is 1.80 bits per heavy atom. The highest BCUT2D eigenvalue weighted by Gasteiger charge is 2.13. The van der Waals surface area contributed by atoms with Crippen molar-refractivity contribution in [2.75, 3.05) is 13.1 Å². The normalized spacial score (nSPS) is 18.8. The molecule has 0 aliphatic carbocycles. The van der Waals surface area contributed by atoms with Gasteiger partial charge in [-0.15, -0.1) is 11.3 Å². The summed E-state index contributed by atoms with van der Waals surface area (Å²) in [6.45, 7) is 11.0. The molecule has 1 aromatic heterocycles. The Bertz CT molecular complexity index is 387. The fourth-order valence-corrected chi connectivity index (χ4v) is 3.27. The molecule has 0 amide bonds. The molecule has 1 N–H and O–H groups in total.